The summed E-state index contributed by atoms with van der Waals surface area (Å²) in [5, 5.41) is 11.4. The van der Waals surface area contributed by atoms with E-state index >= 15 is 0 Å². The van der Waals surface area contributed by atoms with Crippen molar-refractivity contribution in [3.63, 3.8) is 0 Å². The van der Waals surface area contributed by atoms with Crippen molar-refractivity contribution in [3.05, 3.63) is 39.0 Å². The maximum absolute atomic E-state index is 12.5. The Bertz CT molecular complexity index is 1090. The van der Waals surface area contributed by atoms with Gasteiger partial charge in [-0.1, -0.05) is 16.8 Å². The molecule has 0 aliphatic heterocycles. The number of hydrogen-bond donors (Lipinski definition) is 1. The van der Waals surface area contributed by atoms with E-state index in [9.17, 15) is 9.59 Å². The molecule has 9 nitrogen and oxygen atoms in total. The van der Waals surface area contributed by atoms with E-state index in [-0.39, 0.29) is 12.1 Å². The van der Waals surface area contributed by atoms with Gasteiger partial charge in [0.2, 0.25) is 5.91 Å². The number of methoxy groups -OCH3 is 2. The lowest BCUT2D eigenvalue weighted by atomic mass is 10.2. The Balaban J connectivity index is 1.89. The molecule has 0 aliphatic rings. The molecule has 0 spiro atoms. The van der Waals surface area contributed by atoms with Gasteiger partial charge in [0, 0.05) is 6.07 Å². The highest BCUT2D eigenvalue weighted by atomic mass is 35.5. The minimum Gasteiger partial charge on any atom is -0.495 e. The van der Waals surface area contributed by atoms with Gasteiger partial charge in [-0.25, -0.2) is 4.68 Å². The van der Waals surface area contributed by atoms with Crippen LogP contribution in [-0.4, -0.2) is 35.1 Å². The van der Waals surface area contributed by atoms with Crippen LogP contribution in [0.1, 0.15) is 11.5 Å². The molecule has 0 aliphatic carbocycles. The van der Waals surface area contributed by atoms with Crippen LogP contribution in [-0.2, 0) is 11.3 Å². The molecule has 0 saturated carbocycles. The number of amides is 1. The summed E-state index contributed by atoms with van der Waals surface area (Å²) < 4.78 is 16.4. The van der Waals surface area contributed by atoms with Crippen LogP contribution in [0.15, 0.2) is 21.5 Å². The number of aromatic nitrogens is 3. The highest BCUT2D eigenvalue weighted by Gasteiger charge is 2.18. The zero-order valence-corrected chi connectivity index (χ0v) is 15.9. The van der Waals surface area contributed by atoms with Crippen LogP contribution in [0, 0.1) is 13.8 Å². The van der Waals surface area contributed by atoms with E-state index in [2.05, 4.69) is 15.6 Å². The maximum Gasteiger partial charge on any atom is 0.297 e. The number of aryl methyl sites for hydroxylation is 2. The maximum atomic E-state index is 12.5. The SMILES string of the molecule is COc1cc(OC)c(NC(=O)Cn2nc(C)c3c(C)onc3c2=O)cc1Cl. The van der Waals surface area contributed by atoms with Crippen molar-refractivity contribution in [3.8, 4) is 11.5 Å². The van der Waals surface area contributed by atoms with Crippen molar-refractivity contribution in [2.75, 3.05) is 19.5 Å². The molecule has 2 heterocycles. The van der Waals surface area contributed by atoms with E-state index in [4.69, 9.17) is 25.6 Å². The van der Waals surface area contributed by atoms with Crippen LogP contribution in [0.4, 0.5) is 5.69 Å². The summed E-state index contributed by atoms with van der Waals surface area (Å²) in [6, 6.07) is 3.06. The Hall–Kier alpha value is -3.07. The van der Waals surface area contributed by atoms with Gasteiger partial charge in [0.1, 0.15) is 23.8 Å². The van der Waals surface area contributed by atoms with Gasteiger partial charge in [0.15, 0.2) is 5.52 Å². The zero-order chi connectivity index (χ0) is 19.7. The lowest BCUT2D eigenvalue weighted by Gasteiger charge is -2.13. The molecule has 0 radical (unpaired) electrons. The van der Waals surface area contributed by atoms with Crippen molar-refractivity contribution in [1.29, 1.82) is 0 Å². The second kappa shape index (κ2) is 7.28. The second-order valence-electron chi connectivity index (χ2n) is 5.75. The molecular weight excluding hydrogens is 376 g/mol. The van der Waals surface area contributed by atoms with Gasteiger partial charge in [-0.2, -0.15) is 5.10 Å². The van der Waals surface area contributed by atoms with E-state index in [1.807, 2.05) is 0 Å². The van der Waals surface area contributed by atoms with Gasteiger partial charge < -0.3 is 19.3 Å². The van der Waals surface area contributed by atoms with Crippen LogP contribution in [0.5, 0.6) is 11.5 Å². The van der Waals surface area contributed by atoms with Gasteiger partial charge in [-0.3, -0.25) is 9.59 Å². The zero-order valence-electron chi connectivity index (χ0n) is 15.1. The number of hydrogen-bond acceptors (Lipinski definition) is 7. The predicted octanol–water partition coefficient (Wildman–Crippen LogP) is 2.31. The predicted molar refractivity (Wildman–Crippen MR) is 98.7 cm³/mol. The third-order valence-corrected chi connectivity index (χ3v) is 4.27. The van der Waals surface area contributed by atoms with Crippen molar-refractivity contribution < 1.29 is 18.8 Å². The van der Waals surface area contributed by atoms with Gasteiger partial charge >= 0.3 is 0 Å². The first-order valence-corrected chi connectivity index (χ1v) is 8.28. The van der Waals surface area contributed by atoms with Crippen molar-refractivity contribution >= 4 is 34.1 Å². The van der Waals surface area contributed by atoms with E-state index in [1.54, 1.807) is 19.9 Å². The average molecular weight is 393 g/mol. The molecule has 1 amide bonds. The van der Waals surface area contributed by atoms with Crippen LogP contribution in [0.3, 0.4) is 0 Å². The van der Waals surface area contributed by atoms with Gasteiger partial charge in [-0.05, 0) is 19.9 Å². The smallest absolute Gasteiger partial charge is 0.297 e. The summed E-state index contributed by atoms with van der Waals surface area (Å²) in [4.78, 5) is 24.9. The second-order valence-corrected chi connectivity index (χ2v) is 6.15. The minimum atomic E-state index is -0.512. The molecule has 0 atom stereocenters. The Morgan fingerprint density at radius 2 is 1.96 bits per heavy atom. The molecular formula is C17H17ClN4O5. The van der Waals surface area contributed by atoms with Crippen molar-refractivity contribution in [1.82, 2.24) is 14.9 Å². The highest BCUT2D eigenvalue weighted by molar-refractivity contribution is 6.32. The van der Waals surface area contributed by atoms with Crippen LogP contribution in [0.2, 0.25) is 5.02 Å². The molecule has 27 heavy (non-hydrogen) atoms. The quantitative estimate of drug-likeness (QED) is 0.709. The fraction of sp³-hybridized carbons (Fsp3) is 0.294. The van der Waals surface area contributed by atoms with Gasteiger partial charge in [0.25, 0.3) is 5.56 Å². The summed E-state index contributed by atoms with van der Waals surface area (Å²) in [5.41, 5.74) is 0.512. The standard InChI is InChI=1S/C17H17ClN4O5/c1-8-15-9(2)27-21-16(15)17(24)22(20-8)7-14(23)19-11-5-10(18)12(25-3)6-13(11)26-4/h5-6H,7H2,1-4H3,(H,19,23). The van der Waals surface area contributed by atoms with Crippen LogP contribution in [0.25, 0.3) is 10.9 Å². The Morgan fingerprint density at radius 1 is 1.26 bits per heavy atom. The summed E-state index contributed by atoms with van der Waals surface area (Å²) in [6.45, 7) is 3.10. The van der Waals surface area contributed by atoms with Gasteiger partial charge in [-0.15, -0.1) is 0 Å². The molecule has 0 fully saturated rings. The third-order valence-electron chi connectivity index (χ3n) is 3.97. The van der Waals surface area contributed by atoms with Crippen LogP contribution >= 0.6 is 11.6 Å². The number of ether oxygens (including phenoxy) is 2. The van der Waals surface area contributed by atoms with Gasteiger partial charge in [0.05, 0.1) is 36.0 Å². The monoisotopic (exact) mass is 392 g/mol. The normalized spacial score (nSPS) is 10.9. The average Bonchev–Trinajstić information content (AvgIpc) is 3.02. The Morgan fingerprint density at radius 3 is 2.63 bits per heavy atom. The number of rotatable bonds is 5. The van der Waals surface area contributed by atoms with Crippen LogP contribution < -0.4 is 20.3 Å². The first-order valence-electron chi connectivity index (χ1n) is 7.90. The number of nitrogens with one attached hydrogen (secondary N) is 1. The lowest BCUT2D eigenvalue weighted by molar-refractivity contribution is -0.117. The number of halogens is 1. The Labute approximate surface area is 158 Å². The van der Waals surface area contributed by atoms with E-state index in [0.717, 1.165) is 4.68 Å². The first-order chi connectivity index (χ1) is 12.8. The van der Waals surface area contributed by atoms with E-state index in [0.29, 0.717) is 39.0 Å². The van der Waals surface area contributed by atoms with E-state index < -0.39 is 11.5 Å². The largest absolute Gasteiger partial charge is 0.495 e. The fourth-order valence-electron chi connectivity index (χ4n) is 2.73. The third kappa shape index (κ3) is 3.45. The number of anilines is 1. The number of carbonyl (C=O) groups excluding carboxylic acids is 1. The molecule has 1 N–H and O–H groups in total. The number of benzene rings is 1. The molecule has 0 unspecified atom stereocenters. The summed E-state index contributed by atoms with van der Waals surface area (Å²) in [6.07, 6.45) is 0. The molecule has 2 aromatic heterocycles. The van der Waals surface area contributed by atoms with Crippen molar-refractivity contribution in [2.24, 2.45) is 0 Å². The highest BCUT2D eigenvalue weighted by Crippen LogP contribution is 2.35. The Kier molecular flexibility index (Phi) is 5.04. The fourth-order valence-corrected chi connectivity index (χ4v) is 2.97. The van der Waals surface area contributed by atoms with Crippen molar-refractivity contribution in [2.45, 2.75) is 20.4 Å². The molecule has 3 aromatic rings. The lowest BCUT2D eigenvalue weighted by Crippen LogP contribution is -2.30. The number of carbonyl (C=O) groups is 1. The summed E-state index contributed by atoms with van der Waals surface area (Å²) in [5.74, 6) is 0.792. The summed E-state index contributed by atoms with van der Waals surface area (Å²) >= 11 is 6.10. The molecule has 142 valence electrons. The minimum absolute atomic E-state index is 0.137. The topological polar surface area (TPSA) is 108 Å². The molecule has 10 heteroatoms. The number of nitrogens with zero attached hydrogens (tertiary/aromatic N) is 3. The number of fused-ring (bicyclic) bond motifs is 1. The first kappa shape index (κ1) is 18.7. The summed E-state index contributed by atoms with van der Waals surface area (Å²) in [7, 11) is 2.93. The molecule has 1 aromatic carbocycles. The van der Waals surface area contributed by atoms with E-state index in [1.165, 1.54) is 20.3 Å². The molecule has 0 bridgehead atoms. The molecule has 0 saturated heterocycles. The molecule has 3 rings (SSSR count).